The van der Waals surface area contributed by atoms with Crippen LogP contribution in [0.5, 0.6) is 0 Å². The van der Waals surface area contributed by atoms with Crippen LogP contribution < -0.4 is 5.32 Å². The van der Waals surface area contributed by atoms with Crippen molar-refractivity contribution in [1.82, 2.24) is 5.32 Å². The molecule has 1 aromatic rings. The van der Waals surface area contributed by atoms with Gasteiger partial charge in [-0.3, -0.25) is 0 Å². The van der Waals surface area contributed by atoms with Gasteiger partial charge in [-0.25, -0.2) is 9.59 Å². The van der Waals surface area contributed by atoms with Crippen molar-refractivity contribution < 1.29 is 32.6 Å². The first-order valence-corrected chi connectivity index (χ1v) is 7.18. The summed E-state index contributed by atoms with van der Waals surface area (Å²) in [6.07, 6.45) is -6.13. The minimum Gasteiger partial charge on any atom is -0.480 e. The molecule has 5 nitrogen and oxygen atoms in total. The number of alkyl carbamates (subject to hydrolysis) is 1. The largest absolute Gasteiger partial charge is 0.480 e. The molecule has 0 aliphatic heterocycles. The maximum absolute atomic E-state index is 13.1. The van der Waals surface area contributed by atoms with Gasteiger partial charge >= 0.3 is 18.2 Å². The third-order valence-electron chi connectivity index (χ3n) is 2.98. The lowest BCUT2D eigenvalue weighted by Crippen LogP contribution is -2.44. The topological polar surface area (TPSA) is 75.6 Å². The zero-order valence-electron chi connectivity index (χ0n) is 13.8. The SMILES string of the molecule is Cc1ccc(C(F)(F)F)c(CC(NC(=O)OC(C)(C)C)C(=O)O)c1. The fourth-order valence-electron chi connectivity index (χ4n) is 2.04. The summed E-state index contributed by atoms with van der Waals surface area (Å²) in [4.78, 5) is 23.0. The second-order valence-electron chi connectivity index (χ2n) is 6.40. The summed E-state index contributed by atoms with van der Waals surface area (Å²) in [7, 11) is 0. The molecule has 0 saturated carbocycles. The Morgan fingerprint density at radius 3 is 2.29 bits per heavy atom. The standard InChI is InChI=1S/C16H20F3NO4/c1-9-5-6-11(16(17,18)19)10(7-9)8-12(13(21)22)20-14(23)24-15(2,3)4/h5-7,12H,8H2,1-4H3,(H,20,23)(H,21,22). The van der Waals surface area contributed by atoms with Crippen molar-refractivity contribution in [2.75, 3.05) is 0 Å². The van der Waals surface area contributed by atoms with Gasteiger partial charge in [-0.05, 0) is 39.3 Å². The zero-order chi connectivity index (χ0) is 18.7. The quantitative estimate of drug-likeness (QED) is 0.874. The van der Waals surface area contributed by atoms with E-state index in [0.717, 1.165) is 6.07 Å². The number of alkyl halides is 3. The smallest absolute Gasteiger partial charge is 0.416 e. The number of carboxylic acid groups (broad SMARTS) is 1. The van der Waals surface area contributed by atoms with E-state index in [1.54, 1.807) is 27.7 Å². The Labute approximate surface area is 137 Å². The number of ether oxygens (including phenoxy) is 1. The number of rotatable bonds is 4. The molecule has 1 amide bonds. The van der Waals surface area contributed by atoms with Crippen molar-refractivity contribution in [3.05, 3.63) is 34.9 Å². The lowest BCUT2D eigenvalue weighted by molar-refractivity contribution is -0.141. The van der Waals surface area contributed by atoms with Gasteiger partial charge in [0.2, 0.25) is 0 Å². The molecular formula is C16H20F3NO4. The van der Waals surface area contributed by atoms with E-state index >= 15 is 0 Å². The minimum absolute atomic E-state index is 0.203. The van der Waals surface area contributed by atoms with Crippen molar-refractivity contribution in [3.8, 4) is 0 Å². The van der Waals surface area contributed by atoms with Crippen molar-refractivity contribution in [3.63, 3.8) is 0 Å². The zero-order valence-corrected chi connectivity index (χ0v) is 13.8. The van der Waals surface area contributed by atoms with Crippen LogP contribution in [0.4, 0.5) is 18.0 Å². The summed E-state index contributed by atoms with van der Waals surface area (Å²) in [6, 6.07) is 1.92. The maximum atomic E-state index is 13.1. The summed E-state index contributed by atoms with van der Waals surface area (Å²) >= 11 is 0. The van der Waals surface area contributed by atoms with Crippen LogP contribution in [-0.2, 0) is 22.1 Å². The number of carbonyl (C=O) groups excluding carboxylic acids is 1. The van der Waals surface area contributed by atoms with Gasteiger partial charge < -0.3 is 15.2 Å². The fraction of sp³-hybridized carbons (Fsp3) is 0.500. The molecule has 1 atom stereocenters. The first-order valence-electron chi connectivity index (χ1n) is 7.18. The van der Waals surface area contributed by atoms with Gasteiger partial charge in [0, 0.05) is 6.42 Å². The second kappa shape index (κ2) is 7.11. The molecule has 1 aromatic carbocycles. The predicted molar refractivity (Wildman–Crippen MR) is 80.7 cm³/mol. The summed E-state index contributed by atoms with van der Waals surface area (Å²) in [6.45, 7) is 6.36. The molecule has 0 fully saturated rings. The summed E-state index contributed by atoms with van der Waals surface area (Å²) < 4.78 is 44.1. The van der Waals surface area contributed by atoms with Crippen LogP contribution in [-0.4, -0.2) is 28.8 Å². The van der Waals surface area contributed by atoms with Gasteiger partial charge in [-0.1, -0.05) is 17.7 Å². The molecule has 0 heterocycles. The fourth-order valence-corrected chi connectivity index (χ4v) is 2.04. The number of nitrogens with one attached hydrogen (secondary N) is 1. The highest BCUT2D eigenvalue weighted by molar-refractivity contribution is 5.80. The van der Waals surface area contributed by atoms with Gasteiger partial charge in [0.15, 0.2) is 0 Å². The molecule has 0 aromatic heterocycles. The summed E-state index contributed by atoms with van der Waals surface area (Å²) in [5, 5.41) is 11.3. The highest BCUT2D eigenvalue weighted by Gasteiger charge is 2.35. The van der Waals surface area contributed by atoms with E-state index in [2.05, 4.69) is 5.32 Å². The Hall–Kier alpha value is -2.25. The molecule has 2 N–H and O–H groups in total. The molecule has 8 heteroatoms. The lowest BCUT2D eigenvalue weighted by Gasteiger charge is -2.22. The highest BCUT2D eigenvalue weighted by Crippen LogP contribution is 2.33. The van der Waals surface area contributed by atoms with Gasteiger partial charge in [0.1, 0.15) is 11.6 Å². The van der Waals surface area contributed by atoms with E-state index in [1.807, 2.05) is 0 Å². The van der Waals surface area contributed by atoms with E-state index in [0.29, 0.717) is 5.56 Å². The van der Waals surface area contributed by atoms with E-state index < -0.39 is 41.9 Å². The van der Waals surface area contributed by atoms with Gasteiger partial charge in [-0.15, -0.1) is 0 Å². The van der Waals surface area contributed by atoms with Crippen molar-refractivity contribution in [2.45, 2.75) is 51.9 Å². The number of aliphatic carboxylic acids is 1. The number of hydrogen-bond donors (Lipinski definition) is 2. The molecule has 0 saturated heterocycles. The first-order chi connectivity index (χ1) is 10.8. The Morgan fingerprint density at radius 2 is 1.83 bits per heavy atom. The Kier molecular flexibility index (Phi) is 5.86. The molecule has 0 radical (unpaired) electrons. The Balaban J connectivity index is 3.04. The number of hydrogen-bond acceptors (Lipinski definition) is 3. The normalized spacial score (nSPS) is 13.3. The molecule has 1 rings (SSSR count). The average molecular weight is 347 g/mol. The highest BCUT2D eigenvalue weighted by atomic mass is 19.4. The monoisotopic (exact) mass is 347 g/mol. The molecule has 0 spiro atoms. The maximum Gasteiger partial charge on any atom is 0.416 e. The Morgan fingerprint density at radius 1 is 1.25 bits per heavy atom. The van der Waals surface area contributed by atoms with Gasteiger partial charge in [0.25, 0.3) is 0 Å². The molecular weight excluding hydrogens is 327 g/mol. The average Bonchev–Trinajstić information content (AvgIpc) is 2.33. The predicted octanol–water partition coefficient (Wildman–Crippen LogP) is 3.53. The van der Waals surface area contributed by atoms with Crippen LogP contribution in [0.15, 0.2) is 18.2 Å². The number of amides is 1. The molecule has 24 heavy (non-hydrogen) atoms. The van der Waals surface area contributed by atoms with Crippen molar-refractivity contribution >= 4 is 12.1 Å². The van der Waals surface area contributed by atoms with E-state index in [1.165, 1.54) is 12.1 Å². The lowest BCUT2D eigenvalue weighted by atomic mass is 9.97. The van der Waals surface area contributed by atoms with Crippen LogP contribution >= 0.6 is 0 Å². The van der Waals surface area contributed by atoms with Crippen LogP contribution in [0.3, 0.4) is 0 Å². The van der Waals surface area contributed by atoms with Crippen LogP contribution in [0, 0.1) is 6.92 Å². The van der Waals surface area contributed by atoms with Gasteiger partial charge in [-0.2, -0.15) is 13.2 Å². The van der Waals surface area contributed by atoms with Crippen LogP contribution in [0.1, 0.15) is 37.5 Å². The van der Waals surface area contributed by atoms with Gasteiger partial charge in [0.05, 0.1) is 5.56 Å². The number of halogens is 3. The molecule has 0 bridgehead atoms. The third-order valence-corrected chi connectivity index (χ3v) is 2.98. The van der Waals surface area contributed by atoms with Crippen LogP contribution in [0.2, 0.25) is 0 Å². The van der Waals surface area contributed by atoms with E-state index in [-0.39, 0.29) is 5.56 Å². The molecule has 134 valence electrons. The molecule has 0 aliphatic rings. The number of carbonyl (C=O) groups is 2. The van der Waals surface area contributed by atoms with E-state index in [9.17, 15) is 27.9 Å². The minimum atomic E-state index is -4.61. The van der Waals surface area contributed by atoms with Crippen molar-refractivity contribution in [2.24, 2.45) is 0 Å². The van der Waals surface area contributed by atoms with Crippen molar-refractivity contribution in [1.29, 1.82) is 0 Å². The summed E-state index contributed by atoms with van der Waals surface area (Å²) in [5.41, 5.74) is -1.43. The second-order valence-corrected chi connectivity index (χ2v) is 6.40. The molecule has 0 aliphatic carbocycles. The number of benzene rings is 1. The first kappa shape index (κ1) is 19.8. The van der Waals surface area contributed by atoms with E-state index in [4.69, 9.17) is 4.74 Å². The van der Waals surface area contributed by atoms with Crippen LogP contribution in [0.25, 0.3) is 0 Å². The number of aryl methyl sites for hydroxylation is 1. The third kappa shape index (κ3) is 6.10. The number of carboxylic acids is 1. The summed E-state index contributed by atoms with van der Waals surface area (Å²) in [5.74, 6) is -1.45. The molecule has 1 unspecified atom stereocenters. The Bertz CT molecular complexity index is 621.